The highest BCUT2D eigenvalue weighted by Gasteiger charge is 2.18. The molecule has 102 valence electrons. The molecule has 0 aliphatic carbocycles. The number of rotatable bonds is 5. The molecule has 0 saturated carbocycles. The van der Waals surface area contributed by atoms with Crippen LogP contribution in [0.3, 0.4) is 0 Å². The largest absolute Gasteiger partial charge is 0.491 e. The highest BCUT2D eigenvalue weighted by Crippen LogP contribution is 2.23. The summed E-state index contributed by atoms with van der Waals surface area (Å²) in [6, 6.07) is 18.7. The summed E-state index contributed by atoms with van der Waals surface area (Å²) in [7, 11) is 0. The number of nitrogens with two attached hydrogens (primary N) is 1. The number of para-hydroxylation sites is 1. The summed E-state index contributed by atoms with van der Waals surface area (Å²) in [5.41, 5.74) is 4.70. The highest BCUT2D eigenvalue weighted by molar-refractivity contribution is 5.35. The van der Waals surface area contributed by atoms with Crippen LogP contribution in [0.2, 0.25) is 0 Å². The van der Waals surface area contributed by atoms with E-state index >= 15 is 0 Å². The molecule has 0 heterocycles. The SMILES string of the molecule is CC(N)(C#N)COc1ccc(Oc2ccccc2)cc1. The lowest BCUT2D eigenvalue weighted by molar-refractivity contribution is 0.264. The maximum atomic E-state index is 8.81. The molecule has 0 amide bonds. The first kappa shape index (κ1) is 13.9. The van der Waals surface area contributed by atoms with E-state index in [9.17, 15) is 0 Å². The van der Waals surface area contributed by atoms with E-state index < -0.39 is 5.54 Å². The molecule has 0 aliphatic rings. The second kappa shape index (κ2) is 6.09. The van der Waals surface area contributed by atoms with Crippen molar-refractivity contribution in [2.75, 3.05) is 6.61 Å². The molecule has 0 aromatic heterocycles. The van der Waals surface area contributed by atoms with Gasteiger partial charge in [-0.2, -0.15) is 5.26 Å². The van der Waals surface area contributed by atoms with E-state index in [1.807, 2.05) is 48.5 Å². The Balaban J connectivity index is 1.95. The molecule has 0 aliphatic heterocycles. The predicted octanol–water partition coefficient (Wildman–Crippen LogP) is 3.10. The van der Waals surface area contributed by atoms with E-state index in [0.29, 0.717) is 5.75 Å². The first-order chi connectivity index (χ1) is 9.59. The Morgan fingerprint density at radius 1 is 1.00 bits per heavy atom. The molecular weight excluding hydrogens is 252 g/mol. The molecule has 4 nitrogen and oxygen atoms in total. The van der Waals surface area contributed by atoms with Gasteiger partial charge >= 0.3 is 0 Å². The van der Waals surface area contributed by atoms with E-state index in [1.165, 1.54) is 0 Å². The van der Waals surface area contributed by atoms with Gasteiger partial charge in [-0.05, 0) is 43.3 Å². The van der Waals surface area contributed by atoms with Crippen molar-refractivity contribution < 1.29 is 9.47 Å². The number of nitrogens with zero attached hydrogens (tertiary/aromatic N) is 1. The molecule has 2 aromatic carbocycles. The standard InChI is InChI=1S/C16H16N2O2/c1-16(18,11-17)12-19-13-7-9-15(10-8-13)20-14-5-3-2-4-6-14/h2-10H,12,18H2,1H3. The maximum Gasteiger partial charge on any atom is 0.135 e. The van der Waals surface area contributed by atoms with Gasteiger partial charge in [0, 0.05) is 0 Å². The number of ether oxygens (including phenoxy) is 2. The lowest BCUT2D eigenvalue weighted by Crippen LogP contribution is -2.40. The fourth-order valence-corrected chi connectivity index (χ4v) is 1.49. The van der Waals surface area contributed by atoms with E-state index in [1.54, 1.807) is 19.1 Å². The quantitative estimate of drug-likeness (QED) is 0.904. The highest BCUT2D eigenvalue weighted by atomic mass is 16.5. The number of nitriles is 1. The van der Waals surface area contributed by atoms with Crippen molar-refractivity contribution in [3.63, 3.8) is 0 Å². The topological polar surface area (TPSA) is 68.3 Å². The third-order valence-corrected chi connectivity index (χ3v) is 2.60. The fourth-order valence-electron chi connectivity index (χ4n) is 1.49. The van der Waals surface area contributed by atoms with Crippen LogP contribution in [0.1, 0.15) is 6.92 Å². The van der Waals surface area contributed by atoms with Crippen molar-refractivity contribution in [3.8, 4) is 23.3 Å². The lowest BCUT2D eigenvalue weighted by atomic mass is 10.1. The summed E-state index contributed by atoms with van der Waals surface area (Å²) < 4.78 is 11.1. The normalized spacial score (nSPS) is 13.1. The van der Waals surface area contributed by atoms with E-state index in [-0.39, 0.29) is 6.61 Å². The minimum Gasteiger partial charge on any atom is -0.491 e. The maximum absolute atomic E-state index is 8.81. The Morgan fingerprint density at radius 2 is 1.55 bits per heavy atom. The Kier molecular flexibility index (Phi) is 4.24. The van der Waals surface area contributed by atoms with Gasteiger partial charge in [-0.25, -0.2) is 0 Å². The molecule has 2 N–H and O–H groups in total. The molecule has 0 bridgehead atoms. The van der Waals surface area contributed by atoms with Crippen LogP contribution in [0.15, 0.2) is 54.6 Å². The Morgan fingerprint density at radius 3 is 2.15 bits per heavy atom. The second-order valence-electron chi connectivity index (χ2n) is 4.70. The summed E-state index contributed by atoms with van der Waals surface area (Å²) in [6.45, 7) is 1.77. The second-order valence-corrected chi connectivity index (χ2v) is 4.70. The molecule has 4 heteroatoms. The first-order valence-electron chi connectivity index (χ1n) is 6.25. The molecule has 0 spiro atoms. The van der Waals surface area contributed by atoms with Crippen molar-refractivity contribution in [2.45, 2.75) is 12.5 Å². The van der Waals surface area contributed by atoms with Gasteiger partial charge in [-0.15, -0.1) is 0 Å². The fraction of sp³-hybridized carbons (Fsp3) is 0.188. The van der Waals surface area contributed by atoms with E-state index in [0.717, 1.165) is 11.5 Å². The predicted molar refractivity (Wildman–Crippen MR) is 76.7 cm³/mol. The molecule has 1 atom stereocenters. The summed E-state index contributed by atoms with van der Waals surface area (Å²) in [4.78, 5) is 0. The van der Waals surface area contributed by atoms with Crippen molar-refractivity contribution >= 4 is 0 Å². The zero-order valence-electron chi connectivity index (χ0n) is 11.2. The smallest absolute Gasteiger partial charge is 0.135 e. The van der Waals surface area contributed by atoms with Crippen molar-refractivity contribution in [1.29, 1.82) is 5.26 Å². The zero-order chi connectivity index (χ0) is 14.4. The number of benzene rings is 2. The van der Waals surface area contributed by atoms with E-state index in [4.69, 9.17) is 20.5 Å². The van der Waals surface area contributed by atoms with Crippen LogP contribution in [0.5, 0.6) is 17.2 Å². The van der Waals surface area contributed by atoms with E-state index in [2.05, 4.69) is 0 Å². The molecule has 1 unspecified atom stereocenters. The minimum absolute atomic E-state index is 0.141. The zero-order valence-corrected chi connectivity index (χ0v) is 11.2. The third-order valence-electron chi connectivity index (χ3n) is 2.60. The minimum atomic E-state index is -0.987. The summed E-state index contributed by atoms with van der Waals surface area (Å²) >= 11 is 0. The van der Waals surface area contributed by atoms with Gasteiger partial charge < -0.3 is 15.2 Å². The summed E-state index contributed by atoms with van der Waals surface area (Å²) in [6.07, 6.45) is 0. The van der Waals surface area contributed by atoms with Gasteiger partial charge in [-0.3, -0.25) is 0 Å². The van der Waals surface area contributed by atoms with Gasteiger partial charge in [0.2, 0.25) is 0 Å². The van der Waals surface area contributed by atoms with Crippen molar-refractivity contribution in [2.24, 2.45) is 5.73 Å². The summed E-state index contributed by atoms with van der Waals surface area (Å²) in [5.74, 6) is 2.15. The third kappa shape index (κ3) is 4.01. The van der Waals surface area contributed by atoms with Crippen molar-refractivity contribution in [3.05, 3.63) is 54.6 Å². The Labute approximate surface area is 118 Å². The Hall–Kier alpha value is -2.51. The van der Waals surface area contributed by atoms with Crippen LogP contribution in [0.4, 0.5) is 0 Å². The molecular formula is C16H16N2O2. The lowest BCUT2D eigenvalue weighted by Gasteiger charge is -2.16. The molecule has 0 radical (unpaired) electrons. The first-order valence-corrected chi connectivity index (χ1v) is 6.25. The number of hydrogen-bond acceptors (Lipinski definition) is 4. The Bertz CT molecular complexity index is 586. The van der Waals surface area contributed by atoms with Crippen molar-refractivity contribution in [1.82, 2.24) is 0 Å². The summed E-state index contributed by atoms with van der Waals surface area (Å²) in [5, 5.41) is 8.81. The number of hydrogen-bond donors (Lipinski definition) is 1. The van der Waals surface area contributed by atoms with Gasteiger partial charge in [0.15, 0.2) is 0 Å². The van der Waals surface area contributed by atoms with Crippen LogP contribution in [0.25, 0.3) is 0 Å². The molecule has 2 rings (SSSR count). The molecule has 20 heavy (non-hydrogen) atoms. The van der Waals surface area contributed by atoms with Crippen LogP contribution >= 0.6 is 0 Å². The van der Waals surface area contributed by atoms with Crippen LogP contribution < -0.4 is 15.2 Å². The van der Waals surface area contributed by atoms with Gasteiger partial charge in [0.25, 0.3) is 0 Å². The van der Waals surface area contributed by atoms with Crippen LogP contribution in [0, 0.1) is 11.3 Å². The average molecular weight is 268 g/mol. The molecule has 0 fully saturated rings. The monoisotopic (exact) mass is 268 g/mol. The molecule has 2 aromatic rings. The molecule has 0 saturated heterocycles. The van der Waals surface area contributed by atoms with Crippen LogP contribution in [-0.4, -0.2) is 12.1 Å². The van der Waals surface area contributed by atoms with Crippen LogP contribution in [-0.2, 0) is 0 Å². The van der Waals surface area contributed by atoms with Gasteiger partial charge in [0.05, 0.1) is 6.07 Å². The van der Waals surface area contributed by atoms with Gasteiger partial charge in [-0.1, -0.05) is 18.2 Å². The average Bonchev–Trinajstić information content (AvgIpc) is 2.48. The van der Waals surface area contributed by atoms with Gasteiger partial charge in [0.1, 0.15) is 29.4 Å².